The molecule has 2 nitrogen and oxygen atoms in total. The number of para-hydroxylation sites is 1. The number of rotatable bonds is 0. The zero-order valence-corrected chi connectivity index (χ0v) is 5.99. The van der Waals surface area contributed by atoms with Crippen LogP contribution in [0.1, 0.15) is 5.56 Å². The van der Waals surface area contributed by atoms with Gasteiger partial charge in [-0.3, -0.25) is 0 Å². The van der Waals surface area contributed by atoms with Gasteiger partial charge >= 0.3 is 0 Å². The van der Waals surface area contributed by atoms with Crippen molar-refractivity contribution in [3.8, 4) is 5.75 Å². The van der Waals surface area contributed by atoms with Crippen molar-refractivity contribution in [3.05, 3.63) is 36.1 Å². The van der Waals surface area contributed by atoms with Gasteiger partial charge in [-0.05, 0) is 12.1 Å². The third-order valence-electron chi connectivity index (χ3n) is 1.55. The first-order valence-electron chi connectivity index (χ1n) is 3.47. The fraction of sp³-hybridized carbons (Fsp3) is 0.111. The Morgan fingerprint density at radius 2 is 2.09 bits per heavy atom. The van der Waals surface area contributed by atoms with Crippen molar-refractivity contribution in [2.24, 2.45) is 0 Å². The van der Waals surface area contributed by atoms with Crippen molar-refractivity contribution in [3.63, 3.8) is 0 Å². The molecular formula is C9H8O2. The normalized spacial score (nSPS) is 14.2. The average molecular weight is 148 g/mol. The minimum atomic E-state index is 0.299. The van der Waals surface area contributed by atoms with Crippen LogP contribution in [0.25, 0.3) is 6.08 Å². The Bertz CT molecular complexity index is 279. The van der Waals surface area contributed by atoms with Crippen LogP contribution in [0, 0.1) is 0 Å². The smallest absolute Gasteiger partial charge is 0.230 e. The van der Waals surface area contributed by atoms with Crippen molar-refractivity contribution in [2.75, 3.05) is 6.79 Å². The van der Waals surface area contributed by atoms with Crippen LogP contribution >= 0.6 is 0 Å². The van der Waals surface area contributed by atoms with Crippen LogP contribution in [0.4, 0.5) is 0 Å². The van der Waals surface area contributed by atoms with Crippen molar-refractivity contribution in [1.82, 2.24) is 0 Å². The van der Waals surface area contributed by atoms with Gasteiger partial charge < -0.3 is 9.47 Å². The highest BCUT2D eigenvalue weighted by atomic mass is 16.7. The van der Waals surface area contributed by atoms with Gasteiger partial charge in [0, 0.05) is 5.56 Å². The predicted molar refractivity (Wildman–Crippen MR) is 42.1 cm³/mol. The van der Waals surface area contributed by atoms with Crippen molar-refractivity contribution in [1.29, 1.82) is 0 Å². The second kappa shape index (κ2) is 2.66. The van der Waals surface area contributed by atoms with Crippen LogP contribution in [0.15, 0.2) is 30.5 Å². The summed E-state index contributed by atoms with van der Waals surface area (Å²) >= 11 is 0. The summed E-state index contributed by atoms with van der Waals surface area (Å²) < 4.78 is 10.2. The van der Waals surface area contributed by atoms with Crippen molar-refractivity contribution >= 4 is 6.08 Å². The lowest BCUT2D eigenvalue weighted by Gasteiger charge is -2.03. The maximum Gasteiger partial charge on any atom is 0.230 e. The van der Waals surface area contributed by atoms with Gasteiger partial charge in [-0.1, -0.05) is 18.2 Å². The number of hydrogen-bond acceptors (Lipinski definition) is 2. The molecule has 0 unspecified atom stereocenters. The summed E-state index contributed by atoms with van der Waals surface area (Å²) in [6, 6.07) is 7.82. The van der Waals surface area contributed by atoms with E-state index in [0.29, 0.717) is 6.79 Å². The van der Waals surface area contributed by atoms with Crippen molar-refractivity contribution in [2.45, 2.75) is 0 Å². The fourth-order valence-electron chi connectivity index (χ4n) is 1.01. The molecule has 0 spiro atoms. The highest BCUT2D eigenvalue weighted by Crippen LogP contribution is 2.20. The number of fused-ring (bicyclic) bond motifs is 1. The second-order valence-corrected chi connectivity index (χ2v) is 2.27. The number of hydrogen-bond donors (Lipinski definition) is 0. The zero-order valence-electron chi connectivity index (χ0n) is 5.99. The van der Waals surface area contributed by atoms with Gasteiger partial charge in [0.25, 0.3) is 0 Å². The molecule has 1 aromatic carbocycles. The van der Waals surface area contributed by atoms with E-state index in [1.807, 2.05) is 30.3 Å². The third kappa shape index (κ3) is 1.19. The van der Waals surface area contributed by atoms with E-state index in [1.54, 1.807) is 6.26 Å². The van der Waals surface area contributed by atoms with Gasteiger partial charge in [-0.25, -0.2) is 0 Å². The fourth-order valence-corrected chi connectivity index (χ4v) is 1.01. The monoisotopic (exact) mass is 148 g/mol. The molecule has 0 fully saturated rings. The van der Waals surface area contributed by atoms with Crippen LogP contribution < -0.4 is 4.74 Å². The molecule has 0 bridgehead atoms. The Hall–Kier alpha value is -1.44. The highest BCUT2D eigenvalue weighted by Gasteiger charge is 2.01. The molecule has 1 heterocycles. The molecular weight excluding hydrogens is 140 g/mol. The van der Waals surface area contributed by atoms with Crippen LogP contribution in [0.5, 0.6) is 5.75 Å². The van der Waals surface area contributed by atoms with E-state index >= 15 is 0 Å². The molecule has 2 rings (SSSR count). The average Bonchev–Trinajstić information content (AvgIpc) is 2.28. The minimum absolute atomic E-state index is 0.299. The van der Waals surface area contributed by atoms with Crippen LogP contribution in [-0.4, -0.2) is 6.79 Å². The molecule has 0 atom stereocenters. The number of benzene rings is 1. The Labute approximate surface area is 65.1 Å². The highest BCUT2D eigenvalue weighted by molar-refractivity contribution is 5.56. The molecule has 56 valence electrons. The van der Waals surface area contributed by atoms with E-state index in [-0.39, 0.29) is 0 Å². The first-order chi connectivity index (χ1) is 5.47. The molecule has 1 aliphatic rings. The van der Waals surface area contributed by atoms with E-state index in [4.69, 9.17) is 9.47 Å². The largest absolute Gasteiger partial charge is 0.465 e. The molecule has 1 aliphatic heterocycles. The molecule has 0 aromatic heterocycles. The van der Waals surface area contributed by atoms with Crippen LogP contribution in [0.3, 0.4) is 0 Å². The minimum Gasteiger partial charge on any atom is -0.465 e. The first-order valence-corrected chi connectivity index (χ1v) is 3.47. The maximum absolute atomic E-state index is 5.26. The summed E-state index contributed by atoms with van der Waals surface area (Å²) in [7, 11) is 0. The quantitative estimate of drug-likeness (QED) is 0.560. The summed E-state index contributed by atoms with van der Waals surface area (Å²) in [5.74, 6) is 0.876. The summed E-state index contributed by atoms with van der Waals surface area (Å²) in [5, 5.41) is 0. The second-order valence-electron chi connectivity index (χ2n) is 2.27. The molecule has 0 saturated carbocycles. The standard InChI is InChI=1S/C9H8O2/c1-2-4-9-8(3-1)5-6-10-7-11-9/h1-6H,7H2. The molecule has 0 saturated heterocycles. The van der Waals surface area contributed by atoms with Gasteiger partial charge in [-0.15, -0.1) is 0 Å². The SMILES string of the molecule is C1=Cc2ccccc2OCO1. The lowest BCUT2D eigenvalue weighted by Crippen LogP contribution is -1.96. The summed E-state index contributed by atoms with van der Waals surface area (Å²) in [4.78, 5) is 0. The number of ether oxygens (including phenoxy) is 2. The first kappa shape index (κ1) is 6.28. The Morgan fingerprint density at radius 3 is 3.09 bits per heavy atom. The predicted octanol–water partition coefficient (Wildman–Crippen LogP) is 2.02. The lowest BCUT2D eigenvalue weighted by atomic mass is 10.2. The van der Waals surface area contributed by atoms with E-state index < -0.39 is 0 Å². The van der Waals surface area contributed by atoms with Gasteiger partial charge in [-0.2, -0.15) is 0 Å². The van der Waals surface area contributed by atoms with Crippen molar-refractivity contribution < 1.29 is 9.47 Å². The van der Waals surface area contributed by atoms with Gasteiger partial charge in [0.05, 0.1) is 6.26 Å². The Morgan fingerprint density at radius 1 is 1.18 bits per heavy atom. The van der Waals surface area contributed by atoms with E-state index in [0.717, 1.165) is 11.3 Å². The maximum atomic E-state index is 5.26. The molecule has 2 heteroatoms. The summed E-state index contributed by atoms with van der Waals surface area (Å²) in [6.45, 7) is 0.299. The lowest BCUT2D eigenvalue weighted by molar-refractivity contribution is 0.0841. The molecule has 0 N–H and O–H groups in total. The summed E-state index contributed by atoms with van der Waals surface area (Å²) in [6.07, 6.45) is 3.54. The van der Waals surface area contributed by atoms with Crippen LogP contribution in [-0.2, 0) is 4.74 Å². The third-order valence-corrected chi connectivity index (χ3v) is 1.55. The Balaban J connectivity index is 2.45. The van der Waals surface area contributed by atoms with E-state index in [9.17, 15) is 0 Å². The zero-order chi connectivity index (χ0) is 7.52. The molecule has 0 radical (unpaired) electrons. The van der Waals surface area contributed by atoms with Gasteiger partial charge in [0.2, 0.25) is 6.79 Å². The molecule has 1 aromatic rings. The van der Waals surface area contributed by atoms with E-state index in [2.05, 4.69) is 0 Å². The van der Waals surface area contributed by atoms with Gasteiger partial charge in [0.15, 0.2) is 0 Å². The molecule has 11 heavy (non-hydrogen) atoms. The topological polar surface area (TPSA) is 18.5 Å². The summed E-state index contributed by atoms with van der Waals surface area (Å²) in [5.41, 5.74) is 1.06. The van der Waals surface area contributed by atoms with E-state index in [1.165, 1.54) is 0 Å². The molecule has 0 aliphatic carbocycles. The van der Waals surface area contributed by atoms with Crippen LogP contribution in [0.2, 0.25) is 0 Å². The van der Waals surface area contributed by atoms with Gasteiger partial charge in [0.1, 0.15) is 5.75 Å². The Kier molecular flexibility index (Phi) is 1.52. The molecule has 0 amide bonds.